The minimum absolute atomic E-state index is 0.207. The first kappa shape index (κ1) is 16.6. The largest absolute Gasteiger partial charge is 0.480 e. The molecule has 0 aliphatic carbocycles. The lowest BCUT2D eigenvalue weighted by Crippen LogP contribution is -2.55. The molecule has 20 heavy (non-hydrogen) atoms. The van der Waals surface area contributed by atoms with Gasteiger partial charge in [0.05, 0.1) is 15.7 Å². The van der Waals surface area contributed by atoms with Crippen LogP contribution in [0.5, 0.6) is 0 Å². The zero-order chi connectivity index (χ0) is 15.3. The third-order valence-corrected chi connectivity index (χ3v) is 3.99. The van der Waals surface area contributed by atoms with Gasteiger partial charge in [-0.25, -0.2) is 9.59 Å². The van der Waals surface area contributed by atoms with Gasteiger partial charge in [-0.2, -0.15) is 0 Å². The second-order valence-corrected chi connectivity index (χ2v) is 5.06. The van der Waals surface area contributed by atoms with Gasteiger partial charge >= 0.3 is 12.0 Å². The molecule has 0 aliphatic heterocycles. The van der Waals surface area contributed by atoms with Gasteiger partial charge in [0.2, 0.25) is 0 Å². The van der Waals surface area contributed by atoms with Gasteiger partial charge in [0.25, 0.3) is 0 Å². The number of carbonyl (C=O) groups excluding carboxylic acids is 1. The van der Waals surface area contributed by atoms with Crippen LogP contribution in [0.25, 0.3) is 0 Å². The van der Waals surface area contributed by atoms with Crippen molar-refractivity contribution in [3.05, 3.63) is 28.2 Å². The molecule has 1 aromatic rings. The average Bonchev–Trinajstić information content (AvgIpc) is 2.41. The molecule has 0 unspecified atom stereocenters. The van der Waals surface area contributed by atoms with Gasteiger partial charge in [0.1, 0.15) is 5.54 Å². The van der Waals surface area contributed by atoms with E-state index in [1.807, 2.05) is 0 Å². The number of anilines is 1. The molecule has 0 heterocycles. The lowest BCUT2D eigenvalue weighted by molar-refractivity contribution is -0.144. The molecule has 2 amide bonds. The lowest BCUT2D eigenvalue weighted by atomic mass is 9.93. The molecule has 0 saturated carbocycles. The smallest absolute Gasteiger partial charge is 0.329 e. The molecular weight excluding hydrogens is 303 g/mol. The highest BCUT2D eigenvalue weighted by Crippen LogP contribution is 2.29. The molecule has 0 fully saturated rings. The first-order valence-electron chi connectivity index (χ1n) is 6.13. The molecule has 110 valence electrons. The topological polar surface area (TPSA) is 78.4 Å². The van der Waals surface area contributed by atoms with Crippen molar-refractivity contribution in [3.63, 3.8) is 0 Å². The van der Waals surface area contributed by atoms with Crippen LogP contribution in [0.3, 0.4) is 0 Å². The van der Waals surface area contributed by atoms with Gasteiger partial charge < -0.3 is 15.7 Å². The van der Waals surface area contributed by atoms with Crippen LogP contribution in [0.1, 0.15) is 26.7 Å². The molecule has 0 aromatic heterocycles. The summed E-state index contributed by atoms with van der Waals surface area (Å²) < 4.78 is 0. The van der Waals surface area contributed by atoms with Crippen LogP contribution in [0, 0.1) is 0 Å². The normalized spacial score (nSPS) is 11.0. The number of hydrogen-bond acceptors (Lipinski definition) is 2. The summed E-state index contributed by atoms with van der Waals surface area (Å²) >= 11 is 11.8. The number of rotatable bonds is 5. The van der Waals surface area contributed by atoms with Gasteiger partial charge in [0, 0.05) is 0 Å². The Hall–Kier alpha value is -1.46. The van der Waals surface area contributed by atoms with Gasteiger partial charge in [-0.3, -0.25) is 0 Å². The number of carbonyl (C=O) groups is 2. The number of carboxylic acid groups (broad SMARTS) is 1. The van der Waals surface area contributed by atoms with E-state index in [-0.39, 0.29) is 17.9 Å². The maximum absolute atomic E-state index is 11.9. The van der Waals surface area contributed by atoms with Crippen LogP contribution in [0.4, 0.5) is 10.5 Å². The van der Waals surface area contributed by atoms with Crippen molar-refractivity contribution in [1.82, 2.24) is 5.32 Å². The van der Waals surface area contributed by atoms with E-state index >= 15 is 0 Å². The van der Waals surface area contributed by atoms with Gasteiger partial charge in [-0.15, -0.1) is 0 Å². The van der Waals surface area contributed by atoms with Gasteiger partial charge in [-0.05, 0) is 25.0 Å². The SMILES string of the molecule is CCC(CC)(NC(=O)Nc1cccc(Cl)c1Cl)C(=O)O. The van der Waals surface area contributed by atoms with E-state index in [1.54, 1.807) is 32.0 Å². The molecule has 0 saturated heterocycles. The monoisotopic (exact) mass is 318 g/mol. The van der Waals surface area contributed by atoms with Crippen molar-refractivity contribution in [1.29, 1.82) is 0 Å². The Morgan fingerprint density at radius 3 is 2.35 bits per heavy atom. The maximum Gasteiger partial charge on any atom is 0.329 e. The molecule has 0 bridgehead atoms. The quantitative estimate of drug-likeness (QED) is 0.773. The first-order chi connectivity index (χ1) is 9.36. The molecular formula is C13H16Cl2N2O3. The van der Waals surface area contributed by atoms with Crippen LogP contribution in [0.2, 0.25) is 10.0 Å². The van der Waals surface area contributed by atoms with E-state index in [2.05, 4.69) is 10.6 Å². The molecule has 1 aromatic carbocycles. The van der Waals surface area contributed by atoms with E-state index in [0.717, 1.165) is 0 Å². The predicted molar refractivity (Wildman–Crippen MR) is 79.6 cm³/mol. The standard InChI is InChI=1S/C13H16Cl2N2O3/c1-3-13(4-2,11(18)19)17-12(20)16-9-7-5-6-8(14)10(9)15/h5-7H,3-4H2,1-2H3,(H,18,19)(H2,16,17,20). The number of benzene rings is 1. The van der Waals surface area contributed by atoms with Crippen molar-refractivity contribution in [2.75, 3.05) is 5.32 Å². The van der Waals surface area contributed by atoms with E-state index in [4.69, 9.17) is 23.2 Å². The zero-order valence-electron chi connectivity index (χ0n) is 11.2. The number of carboxylic acids is 1. The summed E-state index contributed by atoms with van der Waals surface area (Å²) in [5.74, 6) is -1.07. The average molecular weight is 319 g/mol. The van der Waals surface area contributed by atoms with E-state index < -0.39 is 17.5 Å². The lowest BCUT2D eigenvalue weighted by Gasteiger charge is -2.28. The van der Waals surface area contributed by atoms with E-state index in [1.165, 1.54) is 0 Å². The Balaban J connectivity index is 2.86. The second kappa shape index (κ2) is 6.81. The number of nitrogens with one attached hydrogen (secondary N) is 2. The molecule has 3 N–H and O–H groups in total. The molecule has 0 radical (unpaired) electrons. The molecule has 7 heteroatoms. The van der Waals surface area contributed by atoms with E-state index in [9.17, 15) is 14.7 Å². The Labute approximate surface area is 127 Å². The highest BCUT2D eigenvalue weighted by Gasteiger charge is 2.36. The third-order valence-electron chi connectivity index (χ3n) is 3.17. The zero-order valence-corrected chi connectivity index (χ0v) is 12.7. The number of amides is 2. The Morgan fingerprint density at radius 2 is 1.85 bits per heavy atom. The molecule has 1 rings (SSSR count). The fraction of sp³-hybridized carbons (Fsp3) is 0.385. The Morgan fingerprint density at radius 1 is 1.25 bits per heavy atom. The molecule has 0 spiro atoms. The number of hydrogen-bond donors (Lipinski definition) is 3. The first-order valence-corrected chi connectivity index (χ1v) is 6.88. The van der Waals surface area contributed by atoms with Crippen LogP contribution in [-0.4, -0.2) is 22.6 Å². The number of aliphatic carboxylic acids is 1. The summed E-state index contributed by atoms with van der Waals surface area (Å²) in [4.78, 5) is 23.2. The Bertz CT molecular complexity index is 516. The van der Waals surface area contributed by atoms with Crippen LogP contribution >= 0.6 is 23.2 Å². The summed E-state index contributed by atoms with van der Waals surface area (Å²) in [6.45, 7) is 3.40. The maximum atomic E-state index is 11.9. The summed E-state index contributed by atoms with van der Waals surface area (Å²) in [6, 6.07) is 4.16. The van der Waals surface area contributed by atoms with Gasteiger partial charge in [0.15, 0.2) is 0 Å². The summed E-state index contributed by atoms with van der Waals surface area (Å²) in [7, 11) is 0. The fourth-order valence-electron chi connectivity index (χ4n) is 1.75. The van der Waals surface area contributed by atoms with Crippen LogP contribution in [-0.2, 0) is 4.79 Å². The summed E-state index contributed by atoms with van der Waals surface area (Å²) in [5.41, 5.74) is -0.974. The summed E-state index contributed by atoms with van der Waals surface area (Å²) in [5, 5.41) is 14.7. The highest BCUT2D eigenvalue weighted by atomic mass is 35.5. The van der Waals surface area contributed by atoms with Crippen molar-refractivity contribution in [2.24, 2.45) is 0 Å². The van der Waals surface area contributed by atoms with Gasteiger partial charge in [-0.1, -0.05) is 43.1 Å². The Kier molecular flexibility index (Phi) is 5.65. The molecule has 0 aliphatic rings. The van der Waals surface area contributed by atoms with Crippen molar-refractivity contribution in [2.45, 2.75) is 32.2 Å². The van der Waals surface area contributed by atoms with Crippen LogP contribution in [0.15, 0.2) is 18.2 Å². The third kappa shape index (κ3) is 3.55. The number of halogens is 2. The predicted octanol–water partition coefficient (Wildman–Crippen LogP) is 3.76. The minimum Gasteiger partial charge on any atom is -0.480 e. The molecule has 0 atom stereocenters. The second-order valence-electron chi connectivity index (χ2n) is 4.27. The minimum atomic E-state index is -1.30. The van der Waals surface area contributed by atoms with Crippen molar-refractivity contribution < 1.29 is 14.7 Å². The molecule has 5 nitrogen and oxygen atoms in total. The van der Waals surface area contributed by atoms with E-state index in [0.29, 0.717) is 10.7 Å². The van der Waals surface area contributed by atoms with Crippen molar-refractivity contribution >= 4 is 40.9 Å². The van der Waals surface area contributed by atoms with Crippen LogP contribution < -0.4 is 10.6 Å². The summed E-state index contributed by atoms with van der Waals surface area (Å²) in [6.07, 6.45) is 0.547. The highest BCUT2D eigenvalue weighted by molar-refractivity contribution is 6.43. The number of urea groups is 1. The van der Waals surface area contributed by atoms with Crippen molar-refractivity contribution in [3.8, 4) is 0 Å². The fourth-order valence-corrected chi connectivity index (χ4v) is 2.10.